The number of pyridine rings is 2. The van der Waals surface area contributed by atoms with E-state index in [-0.39, 0.29) is 5.91 Å². The number of furan rings is 1. The normalized spacial score (nSPS) is 10.8. The van der Waals surface area contributed by atoms with E-state index in [4.69, 9.17) is 4.42 Å². The number of para-hydroxylation sites is 1. The Balaban J connectivity index is 1.48. The molecule has 0 atom stereocenters. The van der Waals surface area contributed by atoms with Gasteiger partial charge in [-0.15, -0.1) is 0 Å². The Kier molecular flexibility index (Phi) is 5.43. The maximum Gasteiger partial charge on any atom is 0.249 e. The fourth-order valence-corrected chi connectivity index (χ4v) is 2.74. The number of nitrogens with one attached hydrogen (secondary N) is 2. The number of carbonyl (C=O) groups excluding carboxylic acids is 1. The topological polar surface area (TPSA) is 80.0 Å². The zero-order chi connectivity index (χ0) is 19.9. The van der Waals surface area contributed by atoms with Gasteiger partial charge in [0, 0.05) is 29.7 Å². The summed E-state index contributed by atoms with van der Waals surface area (Å²) in [6.45, 7) is 0. The minimum Gasteiger partial charge on any atom is -0.472 e. The Hall–Kier alpha value is -4.19. The second-order valence-corrected chi connectivity index (χ2v) is 6.23. The third-order valence-corrected chi connectivity index (χ3v) is 4.12. The van der Waals surface area contributed by atoms with E-state index >= 15 is 0 Å². The average molecular weight is 382 g/mol. The van der Waals surface area contributed by atoms with E-state index in [0.29, 0.717) is 5.82 Å². The number of anilines is 3. The number of hydrogen-bond acceptors (Lipinski definition) is 5. The second-order valence-electron chi connectivity index (χ2n) is 6.23. The van der Waals surface area contributed by atoms with Crippen LogP contribution in [-0.4, -0.2) is 15.9 Å². The van der Waals surface area contributed by atoms with Crippen molar-refractivity contribution in [2.24, 2.45) is 0 Å². The summed E-state index contributed by atoms with van der Waals surface area (Å²) >= 11 is 0. The van der Waals surface area contributed by atoms with E-state index in [1.54, 1.807) is 37.1 Å². The Bertz CT molecular complexity index is 1120. The quantitative estimate of drug-likeness (QED) is 0.452. The Morgan fingerprint density at radius 3 is 2.34 bits per heavy atom. The highest BCUT2D eigenvalue weighted by molar-refractivity contribution is 6.01. The minimum atomic E-state index is -0.267. The first-order valence-electron chi connectivity index (χ1n) is 9.02. The maximum atomic E-state index is 12.1. The number of nitrogens with zero attached hydrogens (tertiary/aromatic N) is 2. The van der Waals surface area contributed by atoms with Gasteiger partial charge >= 0.3 is 0 Å². The maximum absolute atomic E-state index is 12.1. The van der Waals surface area contributed by atoms with Crippen LogP contribution in [0.25, 0.3) is 17.2 Å². The van der Waals surface area contributed by atoms with Crippen molar-refractivity contribution in [2.75, 3.05) is 10.6 Å². The van der Waals surface area contributed by atoms with Crippen molar-refractivity contribution in [1.29, 1.82) is 0 Å². The lowest BCUT2D eigenvalue weighted by molar-refractivity contribution is -0.111. The van der Waals surface area contributed by atoms with E-state index in [2.05, 4.69) is 20.6 Å². The van der Waals surface area contributed by atoms with Crippen LogP contribution in [0, 0.1) is 0 Å². The lowest BCUT2D eigenvalue weighted by Gasteiger charge is -2.09. The molecule has 1 amide bonds. The number of rotatable bonds is 6. The summed E-state index contributed by atoms with van der Waals surface area (Å²) in [5, 5.41) is 6.05. The van der Waals surface area contributed by atoms with Gasteiger partial charge in [0.2, 0.25) is 5.91 Å². The minimum absolute atomic E-state index is 0.267. The highest BCUT2D eigenvalue weighted by Gasteiger charge is 2.05. The molecule has 0 saturated carbocycles. The smallest absolute Gasteiger partial charge is 0.249 e. The second kappa shape index (κ2) is 8.67. The Morgan fingerprint density at radius 2 is 1.62 bits per heavy atom. The molecule has 4 rings (SSSR count). The van der Waals surface area contributed by atoms with Crippen molar-refractivity contribution in [3.05, 3.63) is 97.2 Å². The highest BCUT2D eigenvalue weighted by atomic mass is 16.3. The van der Waals surface area contributed by atoms with E-state index in [9.17, 15) is 4.79 Å². The summed E-state index contributed by atoms with van der Waals surface area (Å²) in [5.41, 5.74) is 3.67. The molecule has 0 aliphatic rings. The van der Waals surface area contributed by atoms with Crippen LogP contribution < -0.4 is 10.6 Å². The van der Waals surface area contributed by atoms with Crippen molar-refractivity contribution < 1.29 is 9.21 Å². The van der Waals surface area contributed by atoms with E-state index in [0.717, 1.165) is 28.2 Å². The predicted molar refractivity (Wildman–Crippen MR) is 114 cm³/mol. The SMILES string of the molecule is O=C(C=Cc1ccoc1)Nc1cc(-c2ccnc(Nc3ccccc3)c2)ccn1. The first-order chi connectivity index (χ1) is 14.3. The molecule has 2 N–H and O–H groups in total. The molecule has 0 aliphatic carbocycles. The number of hydrogen-bond donors (Lipinski definition) is 2. The monoisotopic (exact) mass is 382 g/mol. The summed E-state index contributed by atoms with van der Waals surface area (Å²) in [6.07, 6.45) is 9.63. The first-order valence-corrected chi connectivity index (χ1v) is 9.02. The highest BCUT2D eigenvalue weighted by Crippen LogP contribution is 2.24. The van der Waals surface area contributed by atoms with Gasteiger partial charge in [0.1, 0.15) is 11.6 Å². The van der Waals surface area contributed by atoms with Crippen LogP contribution in [-0.2, 0) is 4.79 Å². The Morgan fingerprint density at radius 1 is 0.897 bits per heavy atom. The molecule has 3 aromatic heterocycles. The van der Waals surface area contributed by atoms with Gasteiger partial charge < -0.3 is 15.1 Å². The average Bonchev–Trinajstić information content (AvgIpc) is 3.27. The van der Waals surface area contributed by atoms with Gasteiger partial charge in [-0.1, -0.05) is 18.2 Å². The van der Waals surface area contributed by atoms with E-state index < -0.39 is 0 Å². The third-order valence-electron chi connectivity index (χ3n) is 4.12. The summed E-state index contributed by atoms with van der Waals surface area (Å²) in [4.78, 5) is 20.7. The van der Waals surface area contributed by atoms with Crippen molar-refractivity contribution >= 4 is 29.3 Å². The molecule has 1 aromatic carbocycles. The molecule has 6 heteroatoms. The summed E-state index contributed by atoms with van der Waals surface area (Å²) in [6, 6.07) is 19.2. The molecule has 29 heavy (non-hydrogen) atoms. The zero-order valence-electron chi connectivity index (χ0n) is 15.4. The van der Waals surface area contributed by atoms with Gasteiger partial charge in [-0.25, -0.2) is 9.97 Å². The van der Waals surface area contributed by atoms with E-state index in [1.807, 2.05) is 54.6 Å². The van der Waals surface area contributed by atoms with Crippen LogP contribution in [0.2, 0.25) is 0 Å². The van der Waals surface area contributed by atoms with Crippen LogP contribution in [0.15, 0.2) is 96.1 Å². The van der Waals surface area contributed by atoms with Gasteiger partial charge in [0.05, 0.1) is 12.5 Å². The molecule has 0 saturated heterocycles. The summed E-state index contributed by atoms with van der Waals surface area (Å²) < 4.78 is 4.97. The van der Waals surface area contributed by atoms with Crippen molar-refractivity contribution in [3.63, 3.8) is 0 Å². The van der Waals surface area contributed by atoms with Gasteiger partial charge in [-0.3, -0.25) is 4.79 Å². The van der Waals surface area contributed by atoms with Crippen molar-refractivity contribution in [1.82, 2.24) is 9.97 Å². The molecule has 0 bridgehead atoms. The summed E-state index contributed by atoms with van der Waals surface area (Å²) in [7, 11) is 0. The molecule has 142 valence electrons. The predicted octanol–water partition coefficient (Wildman–Crippen LogP) is 5.13. The molecule has 4 aromatic rings. The molecule has 3 heterocycles. The fraction of sp³-hybridized carbons (Fsp3) is 0. The zero-order valence-corrected chi connectivity index (χ0v) is 15.4. The first kappa shape index (κ1) is 18.2. The van der Waals surface area contributed by atoms with Gasteiger partial charge in [-0.05, 0) is 59.7 Å². The van der Waals surface area contributed by atoms with Crippen LogP contribution in [0.1, 0.15) is 5.56 Å². The molecule has 0 unspecified atom stereocenters. The van der Waals surface area contributed by atoms with Crippen LogP contribution in [0.4, 0.5) is 17.3 Å². The van der Waals surface area contributed by atoms with Crippen LogP contribution in [0.5, 0.6) is 0 Å². The molecular formula is C23H18N4O2. The van der Waals surface area contributed by atoms with E-state index in [1.165, 1.54) is 6.08 Å². The number of carbonyl (C=O) groups is 1. The van der Waals surface area contributed by atoms with Crippen molar-refractivity contribution in [3.8, 4) is 11.1 Å². The third kappa shape index (κ3) is 4.95. The fourth-order valence-electron chi connectivity index (χ4n) is 2.74. The lowest BCUT2D eigenvalue weighted by atomic mass is 10.1. The lowest BCUT2D eigenvalue weighted by Crippen LogP contribution is -2.09. The molecule has 0 spiro atoms. The molecule has 6 nitrogen and oxygen atoms in total. The van der Waals surface area contributed by atoms with Gasteiger partial charge in [0.15, 0.2) is 0 Å². The number of aromatic nitrogens is 2. The number of benzene rings is 1. The number of amides is 1. The standard InChI is InChI=1S/C23H18N4O2/c28-23(7-6-17-10-13-29-16-17)27-22-15-19(9-12-25-22)18-8-11-24-21(14-18)26-20-4-2-1-3-5-20/h1-16H,(H,24,26)(H,25,27,28). The molecule has 0 aliphatic heterocycles. The van der Waals surface area contributed by atoms with Crippen molar-refractivity contribution in [2.45, 2.75) is 0 Å². The molecular weight excluding hydrogens is 364 g/mol. The largest absolute Gasteiger partial charge is 0.472 e. The molecule has 0 radical (unpaired) electrons. The summed E-state index contributed by atoms with van der Waals surface area (Å²) in [5.74, 6) is 0.940. The van der Waals surface area contributed by atoms with Crippen LogP contribution >= 0.6 is 0 Å². The molecule has 0 fully saturated rings. The van der Waals surface area contributed by atoms with Gasteiger partial charge in [0.25, 0.3) is 0 Å². The Labute approximate surface area is 168 Å². The van der Waals surface area contributed by atoms with Crippen LogP contribution in [0.3, 0.4) is 0 Å². The van der Waals surface area contributed by atoms with Gasteiger partial charge in [-0.2, -0.15) is 0 Å².